The van der Waals surface area contributed by atoms with Crippen molar-refractivity contribution < 1.29 is 23.8 Å². The molecule has 0 bridgehead atoms. The molecule has 0 amide bonds. The van der Waals surface area contributed by atoms with E-state index in [1.165, 1.54) is 36.5 Å². The lowest BCUT2D eigenvalue weighted by Crippen LogP contribution is -2.08. The maximum atomic E-state index is 14.9. The first kappa shape index (κ1) is 24.4. The minimum absolute atomic E-state index is 0.0518. The lowest BCUT2D eigenvalue weighted by molar-refractivity contribution is -0.137. The first-order chi connectivity index (χ1) is 17.5. The topological polar surface area (TPSA) is 55.8 Å². The molecule has 0 unspecified atom stereocenters. The van der Waals surface area contributed by atoms with Gasteiger partial charge in [0.25, 0.3) is 0 Å². The van der Waals surface area contributed by atoms with E-state index in [1.807, 2.05) is 24.3 Å². The molecule has 1 fully saturated rings. The van der Waals surface area contributed by atoms with E-state index in [0.717, 1.165) is 48.1 Å². The Morgan fingerprint density at radius 3 is 2.50 bits per heavy atom. The zero-order valence-electron chi connectivity index (χ0n) is 20.8. The number of aryl methyl sites for hydroxylation is 1. The largest absolute Gasteiger partial charge is 0.497 e. The van der Waals surface area contributed by atoms with Crippen LogP contribution in [0.1, 0.15) is 79.0 Å². The van der Waals surface area contributed by atoms with Crippen LogP contribution < -0.4 is 9.47 Å². The molecule has 0 spiro atoms. The van der Waals surface area contributed by atoms with Crippen LogP contribution in [0.3, 0.4) is 0 Å². The molecule has 2 aliphatic rings. The second-order valence-corrected chi connectivity index (χ2v) is 10.1. The molecule has 188 valence electrons. The third-order valence-corrected chi connectivity index (χ3v) is 7.77. The maximum absolute atomic E-state index is 14.9. The van der Waals surface area contributed by atoms with Crippen LogP contribution in [0.4, 0.5) is 4.39 Å². The quantitative estimate of drug-likeness (QED) is 0.354. The molecule has 2 aliphatic carbocycles. The van der Waals surface area contributed by atoms with Crippen LogP contribution in [-0.4, -0.2) is 18.2 Å². The molecular formula is C31H33FO4. The molecule has 1 N–H and O–H groups in total. The van der Waals surface area contributed by atoms with Crippen molar-refractivity contribution in [1.82, 2.24) is 0 Å². The van der Waals surface area contributed by atoms with Gasteiger partial charge in [0.1, 0.15) is 23.9 Å². The fourth-order valence-electron chi connectivity index (χ4n) is 5.88. The summed E-state index contributed by atoms with van der Waals surface area (Å²) in [5.41, 5.74) is 6.05. The van der Waals surface area contributed by atoms with Crippen molar-refractivity contribution in [2.45, 2.75) is 69.8 Å². The molecule has 3 aromatic carbocycles. The lowest BCUT2D eigenvalue weighted by atomic mass is 9.80. The van der Waals surface area contributed by atoms with Crippen LogP contribution in [0.5, 0.6) is 11.5 Å². The first-order valence-electron chi connectivity index (χ1n) is 13.0. The molecule has 5 rings (SSSR count). The number of carboxylic acids is 1. The Balaban J connectivity index is 1.41. The van der Waals surface area contributed by atoms with E-state index >= 15 is 0 Å². The monoisotopic (exact) mass is 488 g/mol. The summed E-state index contributed by atoms with van der Waals surface area (Å²) in [7, 11) is 1.60. The highest BCUT2D eigenvalue weighted by atomic mass is 19.1. The highest BCUT2D eigenvalue weighted by Gasteiger charge is 2.25. The Bertz CT molecular complexity index is 1250. The third kappa shape index (κ3) is 5.25. The summed E-state index contributed by atoms with van der Waals surface area (Å²) in [5, 5.41) is 9.24. The van der Waals surface area contributed by atoms with Gasteiger partial charge in [0, 0.05) is 5.56 Å². The van der Waals surface area contributed by atoms with Crippen LogP contribution in [-0.2, 0) is 17.8 Å². The number of rotatable bonds is 8. The van der Waals surface area contributed by atoms with Gasteiger partial charge < -0.3 is 14.6 Å². The van der Waals surface area contributed by atoms with Crippen molar-refractivity contribution in [3.63, 3.8) is 0 Å². The molecule has 0 radical (unpaired) electrons. The predicted octanol–water partition coefficient (Wildman–Crippen LogP) is 7.63. The Hall–Kier alpha value is -3.34. The first-order valence-corrected chi connectivity index (χ1v) is 13.0. The number of fused-ring (bicyclic) bond motifs is 1. The Morgan fingerprint density at radius 2 is 1.72 bits per heavy atom. The number of aliphatic carboxylic acids is 1. The van der Waals surface area contributed by atoms with Gasteiger partial charge in [-0.2, -0.15) is 0 Å². The van der Waals surface area contributed by atoms with E-state index < -0.39 is 5.97 Å². The smallest absolute Gasteiger partial charge is 0.303 e. The fraction of sp³-hybridized carbons (Fsp3) is 0.387. The van der Waals surface area contributed by atoms with Gasteiger partial charge in [0.2, 0.25) is 0 Å². The molecule has 5 heteroatoms. The molecule has 36 heavy (non-hydrogen) atoms. The van der Waals surface area contributed by atoms with Crippen LogP contribution in [0.2, 0.25) is 0 Å². The van der Waals surface area contributed by atoms with E-state index in [1.54, 1.807) is 19.2 Å². The van der Waals surface area contributed by atoms with E-state index in [4.69, 9.17) is 9.47 Å². The lowest BCUT2D eigenvalue weighted by Gasteiger charge is -2.25. The number of benzene rings is 3. The molecule has 1 atom stereocenters. The van der Waals surface area contributed by atoms with Gasteiger partial charge in [-0.05, 0) is 95.7 Å². The van der Waals surface area contributed by atoms with Crippen molar-refractivity contribution in [2.24, 2.45) is 0 Å². The predicted molar refractivity (Wildman–Crippen MR) is 138 cm³/mol. The minimum atomic E-state index is -0.762. The number of carbonyl (C=O) groups is 1. The fourth-order valence-corrected chi connectivity index (χ4v) is 5.88. The van der Waals surface area contributed by atoms with Crippen molar-refractivity contribution in [2.75, 3.05) is 7.11 Å². The Kier molecular flexibility index (Phi) is 7.26. The summed E-state index contributed by atoms with van der Waals surface area (Å²) in [6.45, 7) is 0.406. The second-order valence-electron chi connectivity index (χ2n) is 10.1. The molecule has 1 saturated carbocycles. The molecule has 0 aliphatic heterocycles. The van der Waals surface area contributed by atoms with E-state index in [2.05, 4.69) is 12.1 Å². The highest BCUT2D eigenvalue weighted by molar-refractivity contribution is 5.71. The van der Waals surface area contributed by atoms with Crippen molar-refractivity contribution >= 4 is 5.97 Å². The number of methoxy groups -OCH3 is 1. The Labute approximate surface area is 212 Å². The van der Waals surface area contributed by atoms with Crippen LogP contribution in [0.15, 0.2) is 54.6 Å². The van der Waals surface area contributed by atoms with Gasteiger partial charge in [0.05, 0.1) is 13.5 Å². The van der Waals surface area contributed by atoms with Crippen LogP contribution in [0.25, 0.3) is 11.1 Å². The van der Waals surface area contributed by atoms with Gasteiger partial charge in [0.15, 0.2) is 0 Å². The maximum Gasteiger partial charge on any atom is 0.303 e. The van der Waals surface area contributed by atoms with E-state index in [9.17, 15) is 14.3 Å². The molecule has 0 saturated heterocycles. The van der Waals surface area contributed by atoms with Gasteiger partial charge >= 0.3 is 5.97 Å². The van der Waals surface area contributed by atoms with Gasteiger partial charge in [-0.25, -0.2) is 4.39 Å². The van der Waals surface area contributed by atoms with Crippen molar-refractivity contribution in [1.29, 1.82) is 0 Å². The number of hydrogen-bond donors (Lipinski definition) is 1. The molecule has 4 nitrogen and oxygen atoms in total. The third-order valence-electron chi connectivity index (χ3n) is 7.77. The molecule has 3 aromatic rings. The molecular weight excluding hydrogens is 455 g/mol. The summed E-state index contributed by atoms with van der Waals surface area (Å²) >= 11 is 0. The van der Waals surface area contributed by atoms with Crippen molar-refractivity contribution in [3.05, 3.63) is 82.7 Å². The average molecular weight is 489 g/mol. The summed E-state index contributed by atoms with van der Waals surface area (Å²) in [4.78, 5) is 11.2. The van der Waals surface area contributed by atoms with E-state index in [0.29, 0.717) is 23.8 Å². The second kappa shape index (κ2) is 10.7. The van der Waals surface area contributed by atoms with Gasteiger partial charge in [-0.1, -0.05) is 43.5 Å². The van der Waals surface area contributed by atoms with Crippen LogP contribution >= 0.6 is 0 Å². The number of halogens is 1. The Morgan fingerprint density at radius 1 is 0.917 bits per heavy atom. The van der Waals surface area contributed by atoms with E-state index in [-0.39, 0.29) is 18.2 Å². The highest BCUT2D eigenvalue weighted by Crippen LogP contribution is 2.41. The average Bonchev–Trinajstić information content (AvgIpc) is 3.29. The zero-order valence-corrected chi connectivity index (χ0v) is 20.8. The normalized spacial score (nSPS) is 17.6. The molecule has 0 heterocycles. The summed E-state index contributed by atoms with van der Waals surface area (Å²) in [6.07, 6.45) is 7.80. The summed E-state index contributed by atoms with van der Waals surface area (Å²) in [5.74, 6) is 0.847. The number of ether oxygens (including phenoxy) is 2. The zero-order chi connectivity index (χ0) is 25.1. The number of carboxylic acid groups (broad SMARTS) is 1. The summed E-state index contributed by atoms with van der Waals surface area (Å²) < 4.78 is 26.5. The van der Waals surface area contributed by atoms with Crippen LogP contribution in [0, 0.1) is 5.82 Å². The molecule has 0 aromatic heterocycles. The minimum Gasteiger partial charge on any atom is -0.497 e. The SMILES string of the molecule is COc1ccc(F)c(-c2ccc(COc3ccc4c(c3)[C@@H](CC(=O)O)CC4)cc2C2CCCCC2)c1. The van der Waals surface area contributed by atoms with Gasteiger partial charge in [-0.3, -0.25) is 4.79 Å². The summed E-state index contributed by atoms with van der Waals surface area (Å²) in [6, 6.07) is 17.2. The number of hydrogen-bond acceptors (Lipinski definition) is 3. The standard InChI is InChI=1S/C31H33FO4/c1-35-24-12-14-30(32)29(17-24)26-13-7-20(15-28(26)21-5-3-2-4-6-21)19-36-25-11-10-22-8-9-23(16-31(33)34)27(22)18-25/h7,10-15,17-18,21,23H,2-6,8-9,16,19H2,1H3,(H,33,34)/t23-/m1/s1. The van der Waals surface area contributed by atoms with Gasteiger partial charge in [-0.15, -0.1) is 0 Å². The van der Waals surface area contributed by atoms with Crippen molar-refractivity contribution in [3.8, 4) is 22.6 Å².